The number of anilines is 1. The molecule has 10 heteroatoms. The zero-order chi connectivity index (χ0) is 25.6. The first kappa shape index (κ1) is 26.2. The van der Waals surface area contributed by atoms with Gasteiger partial charge in [-0.25, -0.2) is 12.8 Å². The standard InChI is InChI=1S/C25H25ClFN3O4S/c1-18(25(32)28-2)29(16-19-7-6-8-20(26)15-19)24(31)17-30(22-13-11-21(27)12-14-22)35(33,34)23-9-4-3-5-10-23/h3-15,18H,16-17H2,1-2H3,(H,28,32)/t18-/m1/s1. The number of amides is 2. The molecule has 1 N–H and O–H groups in total. The normalized spacial score (nSPS) is 12.0. The number of halogens is 2. The molecule has 0 aliphatic rings. The minimum Gasteiger partial charge on any atom is -0.357 e. The van der Waals surface area contributed by atoms with E-state index in [4.69, 9.17) is 11.6 Å². The van der Waals surface area contributed by atoms with Gasteiger partial charge in [-0.2, -0.15) is 0 Å². The molecular formula is C25H25ClFN3O4S. The van der Waals surface area contributed by atoms with Crippen LogP contribution >= 0.6 is 11.6 Å². The topological polar surface area (TPSA) is 86.8 Å². The first-order valence-corrected chi connectivity index (χ1v) is 12.5. The van der Waals surface area contributed by atoms with Crippen molar-refractivity contribution in [2.24, 2.45) is 0 Å². The molecule has 0 heterocycles. The molecule has 0 aliphatic carbocycles. The maximum absolute atomic E-state index is 13.6. The van der Waals surface area contributed by atoms with Crippen LogP contribution < -0.4 is 9.62 Å². The van der Waals surface area contributed by atoms with E-state index in [2.05, 4.69) is 5.32 Å². The number of benzene rings is 3. The summed E-state index contributed by atoms with van der Waals surface area (Å²) >= 11 is 6.08. The van der Waals surface area contributed by atoms with Gasteiger partial charge in [0.05, 0.1) is 10.6 Å². The predicted molar refractivity (Wildman–Crippen MR) is 133 cm³/mol. The Morgan fingerprint density at radius 3 is 2.26 bits per heavy atom. The van der Waals surface area contributed by atoms with Gasteiger partial charge in [0.15, 0.2) is 0 Å². The van der Waals surface area contributed by atoms with Gasteiger partial charge in [-0.05, 0) is 61.0 Å². The van der Waals surface area contributed by atoms with Crippen LogP contribution in [0.15, 0.2) is 83.8 Å². The molecule has 0 saturated heterocycles. The third-order valence-corrected chi connectivity index (χ3v) is 7.40. The van der Waals surface area contributed by atoms with Crippen LogP contribution in [0.4, 0.5) is 10.1 Å². The number of carbonyl (C=O) groups excluding carboxylic acids is 2. The Morgan fingerprint density at radius 1 is 1.00 bits per heavy atom. The SMILES string of the molecule is CNC(=O)[C@@H](C)N(Cc1cccc(Cl)c1)C(=O)CN(c1ccc(F)cc1)S(=O)(=O)c1ccccc1. The highest BCUT2D eigenvalue weighted by Gasteiger charge is 2.32. The molecule has 1 atom stereocenters. The van der Waals surface area contributed by atoms with Crippen molar-refractivity contribution in [2.45, 2.75) is 24.4 Å². The summed E-state index contributed by atoms with van der Waals surface area (Å²) in [5, 5.41) is 2.97. The lowest BCUT2D eigenvalue weighted by atomic mass is 10.1. The number of hydrogen-bond acceptors (Lipinski definition) is 4. The Bertz CT molecular complexity index is 1290. The maximum atomic E-state index is 13.6. The number of likely N-dealkylation sites (N-methyl/N-ethyl adjacent to an activating group) is 1. The molecule has 35 heavy (non-hydrogen) atoms. The molecule has 0 spiro atoms. The van der Waals surface area contributed by atoms with Crippen molar-refractivity contribution in [3.05, 3.63) is 95.3 Å². The zero-order valence-electron chi connectivity index (χ0n) is 19.2. The van der Waals surface area contributed by atoms with E-state index in [1.54, 1.807) is 49.4 Å². The van der Waals surface area contributed by atoms with Crippen LogP contribution in [0.1, 0.15) is 12.5 Å². The first-order chi connectivity index (χ1) is 16.6. The molecule has 0 bridgehead atoms. The zero-order valence-corrected chi connectivity index (χ0v) is 20.8. The Labute approximate surface area is 209 Å². The molecule has 184 valence electrons. The summed E-state index contributed by atoms with van der Waals surface area (Å²) in [6.45, 7) is 0.969. The summed E-state index contributed by atoms with van der Waals surface area (Å²) in [6.07, 6.45) is 0. The minimum absolute atomic E-state index is 0.0244. The summed E-state index contributed by atoms with van der Waals surface area (Å²) in [4.78, 5) is 27.2. The van der Waals surface area contributed by atoms with Crippen LogP contribution in [-0.4, -0.2) is 44.8 Å². The maximum Gasteiger partial charge on any atom is 0.264 e. The molecule has 3 aromatic rings. The van der Waals surface area contributed by atoms with Crippen LogP contribution in [0.5, 0.6) is 0 Å². The van der Waals surface area contributed by atoms with Crippen LogP contribution in [0, 0.1) is 5.82 Å². The van der Waals surface area contributed by atoms with Crippen molar-refractivity contribution in [2.75, 3.05) is 17.9 Å². The summed E-state index contributed by atoms with van der Waals surface area (Å²) in [5.41, 5.74) is 0.778. The van der Waals surface area contributed by atoms with Gasteiger partial charge in [-0.15, -0.1) is 0 Å². The van der Waals surface area contributed by atoms with Gasteiger partial charge in [0.2, 0.25) is 11.8 Å². The first-order valence-electron chi connectivity index (χ1n) is 10.7. The van der Waals surface area contributed by atoms with Crippen LogP contribution in [0.25, 0.3) is 0 Å². The van der Waals surface area contributed by atoms with Crippen molar-refractivity contribution in [3.63, 3.8) is 0 Å². The average Bonchev–Trinajstić information content (AvgIpc) is 2.86. The van der Waals surface area contributed by atoms with Gasteiger partial charge in [0.1, 0.15) is 18.4 Å². The van der Waals surface area contributed by atoms with Gasteiger partial charge >= 0.3 is 0 Å². The van der Waals surface area contributed by atoms with Crippen molar-refractivity contribution in [1.82, 2.24) is 10.2 Å². The highest BCUT2D eigenvalue weighted by Crippen LogP contribution is 2.25. The van der Waals surface area contributed by atoms with E-state index >= 15 is 0 Å². The summed E-state index contributed by atoms with van der Waals surface area (Å²) in [7, 11) is -2.73. The largest absolute Gasteiger partial charge is 0.357 e. The molecular weight excluding hydrogens is 493 g/mol. The minimum atomic E-state index is -4.18. The fraction of sp³-hybridized carbons (Fsp3) is 0.200. The molecule has 0 aromatic heterocycles. The highest BCUT2D eigenvalue weighted by atomic mass is 35.5. The number of nitrogens with one attached hydrogen (secondary N) is 1. The fourth-order valence-electron chi connectivity index (χ4n) is 3.48. The molecule has 0 radical (unpaired) electrons. The summed E-state index contributed by atoms with van der Waals surface area (Å²) < 4.78 is 41.5. The van der Waals surface area contributed by atoms with Crippen molar-refractivity contribution < 1.29 is 22.4 Å². The summed E-state index contributed by atoms with van der Waals surface area (Å²) in [5.74, 6) is -1.59. The second-order valence-electron chi connectivity index (χ2n) is 7.74. The molecule has 7 nitrogen and oxygen atoms in total. The van der Waals surface area contributed by atoms with E-state index in [0.29, 0.717) is 10.6 Å². The monoisotopic (exact) mass is 517 g/mol. The smallest absolute Gasteiger partial charge is 0.264 e. The van der Waals surface area contributed by atoms with Crippen molar-refractivity contribution in [3.8, 4) is 0 Å². The van der Waals surface area contributed by atoms with Gasteiger partial charge in [-0.1, -0.05) is 41.9 Å². The van der Waals surface area contributed by atoms with E-state index in [0.717, 1.165) is 16.4 Å². The van der Waals surface area contributed by atoms with Crippen LogP contribution in [0.3, 0.4) is 0 Å². The molecule has 3 aromatic carbocycles. The van der Waals surface area contributed by atoms with E-state index in [1.165, 1.54) is 36.2 Å². The third kappa shape index (κ3) is 6.37. The number of sulfonamides is 1. The van der Waals surface area contributed by atoms with Crippen LogP contribution in [-0.2, 0) is 26.2 Å². The predicted octanol–water partition coefficient (Wildman–Crippen LogP) is 3.84. The van der Waals surface area contributed by atoms with E-state index in [1.807, 2.05) is 0 Å². The number of rotatable bonds is 9. The van der Waals surface area contributed by atoms with Gasteiger partial charge in [0.25, 0.3) is 10.0 Å². The molecule has 0 aliphatic heterocycles. The molecule has 0 saturated carbocycles. The van der Waals surface area contributed by atoms with Crippen molar-refractivity contribution in [1.29, 1.82) is 0 Å². The van der Waals surface area contributed by atoms with E-state index in [-0.39, 0.29) is 17.1 Å². The highest BCUT2D eigenvalue weighted by molar-refractivity contribution is 7.92. The third-order valence-electron chi connectivity index (χ3n) is 5.38. The number of hydrogen-bond donors (Lipinski definition) is 1. The average molecular weight is 518 g/mol. The molecule has 0 fully saturated rings. The Morgan fingerprint density at radius 2 is 1.66 bits per heavy atom. The van der Waals surface area contributed by atoms with Crippen LogP contribution in [0.2, 0.25) is 5.02 Å². The Hall–Kier alpha value is -3.43. The summed E-state index contributed by atoms with van der Waals surface area (Å²) in [6, 6.07) is 18.3. The van der Waals surface area contributed by atoms with Gasteiger partial charge in [0, 0.05) is 18.6 Å². The quantitative estimate of drug-likeness (QED) is 0.467. The Kier molecular flexibility index (Phi) is 8.48. The van der Waals surface area contributed by atoms with Gasteiger partial charge < -0.3 is 10.2 Å². The lowest BCUT2D eigenvalue weighted by Gasteiger charge is -2.31. The lowest BCUT2D eigenvalue weighted by Crippen LogP contribution is -2.50. The van der Waals surface area contributed by atoms with E-state index in [9.17, 15) is 22.4 Å². The second-order valence-corrected chi connectivity index (χ2v) is 10.0. The molecule has 0 unspecified atom stereocenters. The number of carbonyl (C=O) groups is 2. The second kappa shape index (κ2) is 11.3. The van der Waals surface area contributed by atoms with Gasteiger partial charge in [-0.3, -0.25) is 13.9 Å². The van der Waals surface area contributed by atoms with E-state index < -0.39 is 40.2 Å². The molecule has 3 rings (SSSR count). The fourth-order valence-corrected chi connectivity index (χ4v) is 5.13. The Balaban J connectivity index is 2.01. The number of nitrogens with zero attached hydrogens (tertiary/aromatic N) is 2. The van der Waals surface area contributed by atoms with Crippen molar-refractivity contribution >= 4 is 39.1 Å². The lowest BCUT2D eigenvalue weighted by molar-refractivity contribution is -0.139. The molecule has 2 amide bonds.